The first-order chi connectivity index (χ1) is 14.1. The van der Waals surface area contributed by atoms with Crippen LogP contribution in [0.15, 0.2) is 42.7 Å². The van der Waals surface area contributed by atoms with Crippen LogP contribution in [0.3, 0.4) is 0 Å². The van der Waals surface area contributed by atoms with E-state index < -0.39 is 0 Å². The van der Waals surface area contributed by atoms with E-state index in [1.54, 1.807) is 12.4 Å². The van der Waals surface area contributed by atoms with Crippen LogP contribution >= 0.6 is 0 Å². The van der Waals surface area contributed by atoms with Crippen LogP contribution in [-0.2, 0) is 6.42 Å². The molecule has 0 amide bonds. The number of nitrogens with one attached hydrogen (secondary N) is 1. The molecule has 1 saturated heterocycles. The summed E-state index contributed by atoms with van der Waals surface area (Å²) in [4.78, 5) is 16.1. The maximum Gasteiger partial charge on any atom is 0.324 e. The van der Waals surface area contributed by atoms with Crippen LogP contribution in [0.5, 0.6) is 11.8 Å². The van der Waals surface area contributed by atoms with Gasteiger partial charge in [0.25, 0.3) is 0 Å². The summed E-state index contributed by atoms with van der Waals surface area (Å²) in [5, 5.41) is 3.30. The molecule has 7 nitrogen and oxygen atoms in total. The molecule has 3 heterocycles. The minimum Gasteiger partial charge on any atom is -0.423 e. The molecule has 1 saturated carbocycles. The number of rotatable bonds is 4. The Kier molecular flexibility index (Phi) is 3.41. The number of pyridine rings is 1. The third kappa shape index (κ3) is 2.57. The second kappa shape index (κ2) is 5.90. The normalized spacial score (nSPS) is 23.4. The number of fused-ring (bicyclic) bond motifs is 4. The number of benzene rings is 1. The van der Waals surface area contributed by atoms with Gasteiger partial charge < -0.3 is 20.7 Å². The molecule has 7 heteroatoms. The lowest BCUT2D eigenvalue weighted by Gasteiger charge is -2.23. The third-order valence-electron chi connectivity index (χ3n) is 6.35. The zero-order valence-electron chi connectivity index (χ0n) is 16.2. The predicted molar refractivity (Wildman–Crippen MR) is 111 cm³/mol. The summed E-state index contributed by atoms with van der Waals surface area (Å²) in [6.45, 7) is 1.77. The molecule has 2 atom stereocenters. The van der Waals surface area contributed by atoms with Gasteiger partial charge in [-0.25, -0.2) is 0 Å². The molecular weight excluding hydrogens is 364 g/mol. The summed E-state index contributed by atoms with van der Waals surface area (Å²) in [6, 6.07) is 10.4. The van der Waals surface area contributed by atoms with E-state index in [2.05, 4.69) is 33.4 Å². The zero-order valence-corrected chi connectivity index (χ0v) is 16.2. The summed E-state index contributed by atoms with van der Waals surface area (Å²) >= 11 is 0. The van der Waals surface area contributed by atoms with Crippen molar-refractivity contribution in [3.63, 3.8) is 0 Å². The van der Waals surface area contributed by atoms with Gasteiger partial charge in [-0.2, -0.15) is 9.97 Å². The van der Waals surface area contributed by atoms with Crippen molar-refractivity contribution in [2.75, 3.05) is 30.4 Å². The Labute approximate surface area is 169 Å². The minimum absolute atomic E-state index is 0.0591. The second-order valence-corrected chi connectivity index (χ2v) is 8.22. The molecule has 2 fully saturated rings. The van der Waals surface area contributed by atoms with Crippen LogP contribution in [-0.4, -0.2) is 40.6 Å². The van der Waals surface area contributed by atoms with Crippen molar-refractivity contribution in [2.45, 2.75) is 18.4 Å². The van der Waals surface area contributed by atoms with E-state index in [4.69, 9.17) is 20.4 Å². The monoisotopic (exact) mass is 386 g/mol. The van der Waals surface area contributed by atoms with Gasteiger partial charge in [-0.1, -0.05) is 12.1 Å². The van der Waals surface area contributed by atoms with Crippen LogP contribution < -0.4 is 20.7 Å². The number of ether oxygens (including phenoxy) is 1. The molecule has 29 heavy (non-hydrogen) atoms. The van der Waals surface area contributed by atoms with E-state index in [1.165, 1.54) is 11.1 Å². The summed E-state index contributed by atoms with van der Waals surface area (Å²) in [5.41, 5.74) is 12.1. The highest BCUT2D eigenvalue weighted by molar-refractivity contribution is 5.88. The SMILES string of the molecule is CNc1cccc2c1Cc1nc(Oc3cccnc3)nc(N3CC4CC4(N)C3)c1-2. The number of nitrogens with two attached hydrogens (primary N) is 1. The molecule has 6 rings (SSSR count). The molecule has 146 valence electrons. The van der Waals surface area contributed by atoms with Gasteiger partial charge in [0.05, 0.1) is 11.9 Å². The average molecular weight is 386 g/mol. The summed E-state index contributed by atoms with van der Waals surface area (Å²) in [7, 11) is 1.95. The Bertz CT molecular complexity index is 1120. The second-order valence-electron chi connectivity index (χ2n) is 8.22. The zero-order chi connectivity index (χ0) is 19.6. The average Bonchev–Trinajstić information content (AvgIpc) is 3.06. The van der Waals surface area contributed by atoms with Crippen LogP contribution in [0.4, 0.5) is 11.5 Å². The van der Waals surface area contributed by atoms with E-state index in [9.17, 15) is 0 Å². The fourth-order valence-corrected chi connectivity index (χ4v) is 4.76. The van der Waals surface area contributed by atoms with Gasteiger partial charge in [-0.3, -0.25) is 4.98 Å². The molecule has 0 bridgehead atoms. The number of piperidine rings is 1. The topological polar surface area (TPSA) is 89.2 Å². The van der Waals surface area contributed by atoms with Gasteiger partial charge in [0.1, 0.15) is 11.6 Å². The molecule has 3 aromatic rings. The van der Waals surface area contributed by atoms with E-state index in [0.717, 1.165) is 48.7 Å². The summed E-state index contributed by atoms with van der Waals surface area (Å²) in [6.07, 6.45) is 5.25. The van der Waals surface area contributed by atoms with Gasteiger partial charge in [0.2, 0.25) is 0 Å². The first kappa shape index (κ1) is 16.7. The molecule has 1 aromatic carbocycles. The van der Waals surface area contributed by atoms with E-state index in [-0.39, 0.29) is 5.54 Å². The number of anilines is 2. The van der Waals surface area contributed by atoms with E-state index >= 15 is 0 Å². The Morgan fingerprint density at radius 1 is 1.24 bits per heavy atom. The minimum atomic E-state index is -0.0591. The molecule has 0 spiro atoms. The Morgan fingerprint density at radius 2 is 2.17 bits per heavy atom. The largest absolute Gasteiger partial charge is 0.423 e. The van der Waals surface area contributed by atoms with Gasteiger partial charge in [0, 0.05) is 49.5 Å². The van der Waals surface area contributed by atoms with Crippen LogP contribution in [0.1, 0.15) is 17.7 Å². The number of aromatic nitrogens is 3. The van der Waals surface area contributed by atoms with Gasteiger partial charge in [-0.15, -0.1) is 0 Å². The quantitative estimate of drug-likeness (QED) is 0.557. The molecule has 0 radical (unpaired) electrons. The summed E-state index contributed by atoms with van der Waals surface area (Å²) in [5.74, 6) is 2.11. The first-order valence-corrected chi connectivity index (χ1v) is 9.97. The maximum absolute atomic E-state index is 6.49. The van der Waals surface area contributed by atoms with Crippen molar-refractivity contribution >= 4 is 11.5 Å². The van der Waals surface area contributed by atoms with Gasteiger partial charge >= 0.3 is 6.01 Å². The Balaban J connectivity index is 1.47. The first-order valence-electron chi connectivity index (χ1n) is 9.97. The molecule has 3 N–H and O–H groups in total. The van der Waals surface area contributed by atoms with Crippen LogP contribution in [0, 0.1) is 5.92 Å². The Hall–Kier alpha value is -3.19. The fraction of sp³-hybridized carbons (Fsp3) is 0.318. The molecular formula is C22H22N6O. The van der Waals surface area contributed by atoms with Crippen molar-refractivity contribution in [1.29, 1.82) is 0 Å². The van der Waals surface area contributed by atoms with Crippen molar-refractivity contribution in [3.8, 4) is 22.9 Å². The van der Waals surface area contributed by atoms with Gasteiger partial charge in [0.15, 0.2) is 0 Å². The lowest BCUT2D eigenvalue weighted by atomic mass is 10.1. The van der Waals surface area contributed by atoms with Crippen molar-refractivity contribution in [3.05, 3.63) is 54.0 Å². The molecule has 2 aromatic heterocycles. The number of nitrogens with zero attached hydrogens (tertiary/aromatic N) is 4. The van der Waals surface area contributed by atoms with Crippen molar-refractivity contribution < 1.29 is 4.74 Å². The summed E-state index contributed by atoms with van der Waals surface area (Å²) < 4.78 is 5.96. The number of hydrogen-bond donors (Lipinski definition) is 2. The lowest BCUT2D eigenvalue weighted by Crippen LogP contribution is -2.34. The highest BCUT2D eigenvalue weighted by Gasteiger charge is 2.58. The predicted octanol–water partition coefficient (Wildman–Crippen LogP) is 2.81. The number of hydrogen-bond acceptors (Lipinski definition) is 7. The standard InChI is InChI=1S/C22H22N6O/c1-24-17-6-2-5-15-16(17)8-18-19(15)20(28-11-13-9-22(13,23)12-28)27-21(26-18)29-14-4-3-7-25-10-14/h2-7,10,13,24H,8-9,11-12,23H2,1H3. The molecule has 2 unspecified atom stereocenters. The van der Waals surface area contributed by atoms with E-state index in [0.29, 0.717) is 17.7 Å². The van der Waals surface area contributed by atoms with Crippen molar-refractivity contribution in [2.24, 2.45) is 11.7 Å². The molecule has 3 aliphatic rings. The maximum atomic E-state index is 6.49. The smallest absolute Gasteiger partial charge is 0.324 e. The van der Waals surface area contributed by atoms with Crippen molar-refractivity contribution in [1.82, 2.24) is 15.0 Å². The Morgan fingerprint density at radius 3 is 2.93 bits per heavy atom. The lowest BCUT2D eigenvalue weighted by molar-refractivity contribution is 0.438. The van der Waals surface area contributed by atoms with E-state index in [1.807, 2.05) is 19.2 Å². The molecule has 2 aliphatic carbocycles. The highest BCUT2D eigenvalue weighted by atomic mass is 16.5. The third-order valence-corrected chi connectivity index (χ3v) is 6.35. The fourth-order valence-electron chi connectivity index (χ4n) is 4.76. The highest BCUT2D eigenvalue weighted by Crippen LogP contribution is 2.51. The van der Waals surface area contributed by atoms with Crippen LogP contribution in [0.25, 0.3) is 11.1 Å². The van der Waals surface area contributed by atoms with Crippen LogP contribution in [0.2, 0.25) is 0 Å². The van der Waals surface area contributed by atoms with Gasteiger partial charge in [-0.05, 0) is 41.7 Å². The molecule has 1 aliphatic heterocycles.